The lowest BCUT2D eigenvalue weighted by atomic mass is 9.93. The zero-order chi connectivity index (χ0) is 10.9. The Bertz CT molecular complexity index is 344. The van der Waals surface area contributed by atoms with Crippen LogP contribution >= 0.6 is 11.3 Å². The van der Waals surface area contributed by atoms with Crippen molar-refractivity contribution in [2.24, 2.45) is 5.92 Å². The van der Waals surface area contributed by atoms with Crippen LogP contribution < -0.4 is 0 Å². The molecule has 1 heterocycles. The molecule has 4 heteroatoms. The molecule has 3 nitrogen and oxygen atoms in total. The molecule has 1 N–H and O–H groups in total. The summed E-state index contributed by atoms with van der Waals surface area (Å²) in [5.41, 5.74) is 0.855. The van der Waals surface area contributed by atoms with E-state index in [0.29, 0.717) is 0 Å². The van der Waals surface area contributed by atoms with Gasteiger partial charge in [-0.1, -0.05) is 13.8 Å². The molecule has 0 aromatic carbocycles. The van der Waals surface area contributed by atoms with Crippen molar-refractivity contribution >= 4 is 17.3 Å². The molecule has 0 spiro atoms. The van der Waals surface area contributed by atoms with Crippen molar-refractivity contribution in [3.63, 3.8) is 0 Å². The first-order chi connectivity index (χ1) is 6.43. The smallest absolute Gasteiger partial charge is 0.312 e. The third kappa shape index (κ3) is 2.12. The summed E-state index contributed by atoms with van der Waals surface area (Å²) in [6, 6.07) is 0. The van der Waals surface area contributed by atoms with Crippen molar-refractivity contribution in [3.8, 4) is 0 Å². The summed E-state index contributed by atoms with van der Waals surface area (Å²) in [5.74, 6) is -1.07. The second kappa shape index (κ2) is 4.09. The number of carboxylic acid groups (broad SMARTS) is 1. The van der Waals surface area contributed by atoms with Gasteiger partial charge in [-0.15, -0.1) is 11.3 Å². The molecule has 0 radical (unpaired) electrons. The molecular weight excluding hydrogens is 198 g/mol. The van der Waals surface area contributed by atoms with Gasteiger partial charge in [0.1, 0.15) is 0 Å². The van der Waals surface area contributed by atoms with E-state index in [-0.39, 0.29) is 5.92 Å². The van der Waals surface area contributed by atoms with E-state index in [1.807, 2.05) is 27.7 Å². The highest BCUT2D eigenvalue weighted by atomic mass is 32.1. The lowest BCUT2D eigenvalue weighted by Crippen LogP contribution is -2.17. The maximum atomic E-state index is 11.1. The van der Waals surface area contributed by atoms with Crippen LogP contribution in [-0.4, -0.2) is 16.1 Å². The first-order valence-corrected chi connectivity index (χ1v) is 5.42. The Labute approximate surface area is 87.8 Å². The van der Waals surface area contributed by atoms with Gasteiger partial charge in [-0.2, -0.15) is 0 Å². The zero-order valence-corrected chi connectivity index (χ0v) is 9.68. The van der Waals surface area contributed by atoms with E-state index in [9.17, 15) is 4.79 Å². The van der Waals surface area contributed by atoms with Crippen molar-refractivity contribution in [2.45, 2.75) is 33.6 Å². The molecule has 1 aromatic rings. The van der Waals surface area contributed by atoms with Crippen LogP contribution in [0, 0.1) is 19.8 Å². The molecule has 0 aliphatic carbocycles. The normalized spacial score (nSPS) is 13.2. The summed E-state index contributed by atoms with van der Waals surface area (Å²) in [6.45, 7) is 7.62. The molecule has 1 aromatic heterocycles. The maximum absolute atomic E-state index is 11.1. The molecule has 1 unspecified atom stereocenters. The van der Waals surface area contributed by atoms with Crippen LogP contribution in [0.4, 0.5) is 0 Å². The largest absolute Gasteiger partial charge is 0.481 e. The minimum Gasteiger partial charge on any atom is -0.481 e. The predicted octanol–water partition coefficient (Wildman–Crippen LogP) is 2.58. The number of carboxylic acids is 1. The van der Waals surface area contributed by atoms with E-state index in [2.05, 4.69) is 4.98 Å². The number of hydrogen-bond acceptors (Lipinski definition) is 3. The van der Waals surface area contributed by atoms with Gasteiger partial charge in [-0.05, 0) is 19.8 Å². The van der Waals surface area contributed by atoms with Gasteiger partial charge in [0.05, 0.1) is 16.6 Å². The minimum absolute atomic E-state index is 0.103. The van der Waals surface area contributed by atoms with Gasteiger partial charge in [0.25, 0.3) is 0 Å². The fourth-order valence-electron chi connectivity index (χ4n) is 1.54. The van der Waals surface area contributed by atoms with Crippen LogP contribution in [0.15, 0.2) is 0 Å². The topological polar surface area (TPSA) is 50.2 Å². The van der Waals surface area contributed by atoms with E-state index in [0.717, 1.165) is 15.6 Å². The average Bonchev–Trinajstić information content (AvgIpc) is 2.29. The average molecular weight is 213 g/mol. The van der Waals surface area contributed by atoms with Gasteiger partial charge < -0.3 is 5.11 Å². The van der Waals surface area contributed by atoms with Crippen molar-refractivity contribution in [1.29, 1.82) is 0 Å². The first-order valence-electron chi connectivity index (χ1n) is 4.60. The molecule has 78 valence electrons. The fourth-order valence-corrected chi connectivity index (χ4v) is 2.73. The lowest BCUT2D eigenvalue weighted by molar-refractivity contribution is -0.139. The molecule has 1 rings (SSSR count). The Morgan fingerprint density at radius 2 is 2.00 bits per heavy atom. The highest BCUT2D eigenvalue weighted by molar-refractivity contribution is 7.11. The zero-order valence-electron chi connectivity index (χ0n) is 8.87. The third-order valence-electron chi connectivity index (χ3n) is 2.15. The van der Waals surface area contributed by atoms with E-state index < -0.39 is 11.9 Å². The van der Waals surface area contributed by atoms with Gasteiger partial charge in [0.15, 0.2) is 0 Å². The number of thiazole rings is 1. The van der Waals surface area contributed by atoms with Gasteiger partial charge >= 0.3 is 5.97 Å². The molecule has 0 fully saturated rings. The van der Waals surface area contributed by atoms with Crippen LogP contribution in [-0.2, 0) is 4.79 Å². The number of rotatable bonds is 3. The predicted molar refractivity (Wildman–Crippen MR) is 56.8 cm³/mol. The van der Waals surface area contributed by atoms with Gasteiger partial charge in [-0.25, -0.2) is 4.98 Å². The molecule has 0 saturated heterocycles. The van der Waals surface area contributed by atoms with E-state index >= 15 is 0 Å². The summed E-state index contributed by atoms with van der Waals surface area (Å²) in [7, 11) is 0. The Morgan fingerprint density at radius 3 is 2.29 bits per heavy atom. The standard InChI is InChI=1S/C10H15NO2S/c1-5(2)8(10(12)13)9-6(3)11-7(4)14-9/h5,8H,1-4H3,(H,12,13). The number of aromatic nitrogens is 1. The number of carbonyl (C=O) groups is 1. The van der Waals surface area contributed by atoms with Gasteiger partial charge in [0, 0.05) is 4.88 Å². The highest BCUT2D eigenvalue weighted by Crippen LogP contribution is 2.31. The Hall–Kier alpha value is -0.900. The SMILES string of the molecule is Cc1nc(C)c(C(C(=O)O)C(C)C)s1. The Balaban J connectivity index is 3.11. The maximum Gasteiger partial charge on any atom is 0.312 e. The molecule has 0 aliphatic heterocycles. The van der Waals surface area contributed by atoms with Gasteiger partial charge in [-0.3, -0.25) is 4.79 Å². The second-order valence-corrected chi connectivity index (χ2v) is 4.98. The van der Waals surface area contributed by atoms with Crippen LogP contribution in [0.5, 0.6) is 0 Å². The van der Waals surface area contributed by atoms with Crippen LogP contribution in [0.3, 0.4) is 0 Å². The summed E-state index contributed by atoms with van der Waals surface area (Å²) in [6.07, 6.45) is 0. The molecule has 0 bridgehead atoms. The number of aliphatic carboxylic acids is 1. The summed E-state index contributed by atoms with van der Waals surface area (Å²) < 4.78 is 0. The van der Waals surface area contributed by atoms with Crippen molar-refractivity contribution in [3.05, 3.63) is 15.6 Å². The van der Waals surface area contributed by atoms with Crippen LogP contribution in [0.1, 0.15) is 35.3 Å². The molecule has 0 amide bonds. The Kier molecular flexibility index (Phi) is 3.26. The van der Waals surface area contributed by atoms with Crippen molar-refractivity contribution in [2.75, 3.05) is 0 Å². The monoisotopic (exact) mass is 213 g/mol. The summed E-state index contributed by atoms with van der Waals surface area (Å²) in [4.78, 5) is 16.2. The van der Waals surface area contributed by atoms with Crippen molar-refractivity contribution < 1.29 is 9.90 Å². The highest BCUT2D eigenvalue weighted by Gasteiger charge is 2.27. The van der Waals surface area contributed by atoms with Crippen LogP contribution in [0.2, 0.25) is 0 Å². The third-order valence-corrected chi connectivity index (χ3v) is 3.31. The first kappa shape index (κ1) is 11.2. The molecule has 0 aliphatic rings. The lowest BCUT2D eigenvalue weighted by Gasteiger charge is -2.14. The van der Waals surface area contributed by atoms with Crippen molar-refractivity contribution in [1.82, 2.24) is 4.98 Å². The second-order valence-electron chi connectivity index (χ2n) is 3.74. The Morgan fingerprint density at radius 1 is 1.43 bits per heavy atom. The summed E-state index contributed by atoms with van der Waals surface area (Å²) >= 11 is 1.49. The quantitative estimate of drug-likeness (QED) is 0.839. The number of aryl methyl sites for hydroxylation is 2. The minimum atomic E-state index is -0.758. The molecular formula is C10H15NO2S. The van der Waals surface area contributed by atoms with Gasteiger partial charge in [0.2, 0.25) is 0 Å². The number of nitrogens with zero attached hydrogens (tertiary/aromatic N) is 1. The molecule has 0 saturated carbocycles. The van der Waals surface area contributed by atoms with E-state index in [1.165, 1.54) is 11.3 Å². The fraction of sp³-hybridized carbons (Fsp3) is 0.600. The molecule has 14 heavy (non-hydrogen) atoms. The van der Waals surface area contributed by atoms with E-state index in [1.54, 1.807) is 0 Å². The number of hydrogen-bond donors (Lipinski definition) is 1. The van der Waals surface area contributed by atoms with E-state index in [4.69, 9.17) is 5.11 Å². The molecule has 1 atom stereocenters. The summed E-state index contributed by atoms with van der Waals surface area (Å²) in [5, 5.41) is 10.0. The van der Waals surface area contributed by atoms with Crippen LogP contribution in [0.25, 0.3) is 0 Å².